The molecule has 0 aliphatic carbocycles. The maximum atomic E-state index is 12.0. The summed E-state index contributed by atoms with van der Waals surface area (Å²) >= 11 is 0. The van der Waals surface area contributed by atoms with Gasteiger partial charge in [0, 0.05) is 12.0 Å². The smallest absolute Gasteiger partial charge is 0.296 e. The van der Waals surface area contributed by atoms with Gasteiger partial charge in [0.2, 0.25) is 15.9 Å². The van der Waals surface area contributed by atoms with E-state index in [1.165, 1.54) is 18.2 Å². The third kappa shape index (κ3) is 8.87. The molecule has 11 heteroatoms. The summed E-state index contributed by atoms with van der Waals surface area (Å²) in [5.74, 6) is -0.540. The zero-order valence-electron chi connectivity index (χ0n) is 15.6. The predicted molar refractivity (Wildman–Crippen MR) is 112 cm³/mol. The highest BCUT2D eigenvalue weighted by molar-refractivity contribution is 7.92. The number of benzene rings is 2. The molecule has 29 heavy (non-hydrogen) atoms. The fourth-order valence-electron chi connectivity index (χ4n) is 2.23. The van der Waals surface area contributed by atoms with Crippen LogP contribution in [0.3, 0.4) is 0 Å². The highest BCUT2D eigenvalue weighted by atomic mass is 32.2. The molecule has 5 N–H and O–H groups in total. The van der Waals surface area contributed by atoms with E-state index in [1.54, 1.807) is 24.3 Å². The van der Waals surface area contributed by atoms with Gasteiger partial charge in [-0.25, -0.2) is 18.3 Å². The Balaban J connectivity index is 1.84. The van der Waals surface area contributed by atoms with Gasteiger partial charge in [-0.15, -0.1) is 0 Å². The fourth-order valence-corrected chi connectivity index (χ4v) is 3.45. The predicted octanol–water partition coefficient (Wildman–Crippen LogP) is 0.817. The summed E-state index contributed by atoms with van der Waals surface area (Å²) in [6, 6.07) is 13.6. The second-order valence-electron chi connectivity index (χ2n) is 6.20. The van der Waals surface area contributed by atoms with Gasteiger partial charge >= 0.3 is 0 Å². The number of amides is 1. The van der Waals surface area contributed by atoms with E-state index in [0.29, 0.717) is 5.56 Å². The van der Waals surface area contributed by atoms with Crippen LogP contribution in [0.15, 0.2) is 53.9 Å². The third-order valence-corrected chi connectivity index (χ3v) is 5.19. The van der Waals surface area contributed by atoms with E-state index in [4.69, 9.17) is 5.14 Å². The molecule has 0 saturated carbocycles. The first kappa shape index (κ1) is 22.6. The van der Waals surface area contributed by atoms with Crippen LogP contribution in [0.2, 0.25) is 0 Å². The van der Waals surface area contributed by atoms with E-state index in [1.807, 2.05) is 19.1 Å². The number of sulfonamides is 1. The summed E-state index contributed by atoms with van der Waals surface area (Å²) in [6.45, 7) is 1.58. The minimum Gasteiger partial charge on any atom is -0.351 e. The molecule has 0 spiro atoms. The van der Waals surface area contributed by atoms with E-state index < -0.39 is 32.7 Å². The van der Waals surface area contributed by atoms with E-state index in [0.717, 1.165) is 16.5 Å². The summed E-state index contributed by atoms with van der Waals surface area (Å²) in [5, 5.41) is 8.45. The number of nitrogens with one attached hydrogen (secondary N) is 3. The Kier molecular flexibility index (Phi) is 7.51. The van der Waals surface area contributed by atoms with Crippen LogP contribution in [-0.2, 0) is 31.6 Å². The first-order chi connectivity index (χ1) is 13.5. The quantitative estimate of drug-likeness (QED) is 0.457. The minimum absolute atomic E-state index is 0.0832. The van der Waals surface area contributed by atoms with E-state index >= 15 is 0 Å². The van der Waals surface area contributed by atoms with Crippen molar-refractivity contribution in [3.05, 3.63) is 70.6 Å². The zero-order valence-corrected chi connectivity index (χ0v) is 17.3. The van der Waals surface area contributed by atoms with Crippen molar-refractivity contribution in [2.75, 3.05) is 11.3 Å². The van der Waals surface area contributed by atoms with Crippen molar-refractivity contribution in [3.63, 3.8) is 0 Å². The summed E-state index contributed by atoms with van der Waals surface area (Å²) < 4.78 is 50.3. The average Bonchev–Trinajstić information content (AvgIpc) is 2.63. The number of rotatable bonds is 9. The molecule has 0 saturated heterocycles. The third-order valence-electron chi connectivity index (χ3n) is 3.63. The molecule has 0 fully saturated rings. The maximum Gasteiger partial charge on any atom is 0.296 e. The summed E-state index contributed by atoms with van der Waals surface area (Å²) in [5.41, 5.74) is 2.64. The Morgan fingerprint density at radius 2 is 1.76 bits per heavy atom. The van der Waals surface area contributed by atoms with Gasteiger partial charge in [0.15, 0.2) is 0 Å². The van der Waals surface area contributed by atoms with E-state index in [-0.39, 0.29) is 12.2 Å². The van der Waals surface area contributed by atoms with Crippen LogP contribution in [0, 0.1) is 6.92 Å². The number of hydrogen-bond donors (Lipinski definition) is 4. The molecule has 0 unspecified atom stereocenters. The Hall–Kier alpha value is -2.73. The molecule has 0 heterocycles. The van der Waals surface area contributed by atoms with Crippen molar-refractivity contribution in [1.82, 2.24) is 10.0 Å². The van der Waals surface area contributed by atoms with E-state index in [2.05, 4.69) is 14.8 Å². The molecule has 0 aromatic heterocycles. The molecular weight excluding hydrogens is 416 g/mol. The molecule has 156 valence electrons. The lowest BCUT2D eigenvalue weighted by Crippen LogP contribution is -2.35. The van der Waals surface area contributed by atoms with Crippen molar-refractivity contribution >= 4 is 37.9 Å². The van der Waals surface area contributed by atoms with Gasteiger partial charge in [0.05, 0.1) is 12.2 Å². The van der Waals surface area contributed by atoms with Crippen LogP contribution in [0.25, 0.3) is 6.08 Å². The highest BCUT2D eigenvalue weighted by Gasteiger charge is 2.09. The molecule has 9 nitrogen and oxygen atoms in total. The lowest BCUT2D eigenvalue weighted by Gasteiger charge is -2.08. The first-order valence-electron chi connectivity index (χ1n) is 8.43. The lowest BCUT2D eigenvalue weighted by molar-refractivity contribution is -0.120. The molecule has 2 rings (SSSR count). The van der Waals surface area contributed by atoms with Crippen LogP contribution in [0.5, 0.6) is 0 Å². The van der Waals surface area contributed by atoms with Gasteiger partial charge in [0.1, 0.15) is 0 Å². The monoisotopic (exact) mass is 438 g/mol. The average molecular weight is 439 g/mol. The molecule has 0 aliphatic heterocycles. The molecule has 0 aliphatic rings. The van der Waals surface area contributed by atoms with Crippen LogP contribution in [-0.4, -0.2) is 29.3 Å². The Labute approximate surface area is 170 Å². The molecule has 0 bridgehead atoms. The first-order valence-corrected chi connectivity index (χ1v) is 11.5. The van der Waals surface area contributed by atoms with Gasteiger partial charge in [-0.2, -0.15) is 8.42 Å². The number of aryl methyl sites for hydroxylation is 1. The normalized spacial score (nSPS) is 12.1. The molecular formula is C18H22N4O5S2. The van der Waals surface area contributed by atoms with Gasteiger partial charge in [0.25, 0.3) is 10.2 Å². The van der Waals surface area contributed by atoms with Gasteiger partial charge < -0.3 is 5.32 Å². The van der Waals surface area contributed by atoms with Gasteiger partial charge in [-0.1, -0.05) is 42.0 Å². The Morgan fingerprint density at radius 3 is 2.41 bits per heavy atom. The number of nitrogens with two attached hydrogens (primary N) is 1. The van der Waals surface area contributed by atoms with Crippen LogP contribution >= 0.6 is 0 Å². The maximum absolute atomic E-state index is 12.0. The van der Waals surface area contributed by atoms with Gasteiger partial charge in [-0.3, -0.25) is 9.52 Å². The van der Waals surface area contributed by atoms with Crippen LogP contribution < -0.4 is 19.9 Å². The van der Waals surface area contributed by atoms with Crippen molar-refractivity contribution in [3.8, 4) is 0 Å². The molecule has 1 amide bonds. The number of carbonyl (C=O) groups excluding carboxylic acids is 1. The summed E-state index contributed by atoms with van der Waals surface area (Å²) in [6.07, 6.45) is 1.43. The van der Waals surface area contributed by atoms with Crippen molar-refractivity contribution < 1.29 is 21.6 Å². The SMILES string of the molecule is Cc1ccc(C=CS(=O)(=O)NCC(=O)NCc2cccc(NS(N)(=O)=O)c2)cc1. The minimum atomic E-state index is -3.90. The zero-order chi connectivity index (χ0) is 21.5. The van der Waals surface area contributed by atoms with Crippen molar-refractivity contribution in [1.29, 1.82) is 0 Å². The number of anilines is 1. The van der Waals surface area contributed by atoms with Crippen LogP contribution in [0.1, 0.15) is 16.7 Å². The Bertz CT molecular complexity index is 1100. The second kappa shape index (κ2) is 9.65. The number of hydrogen-bond acceptors (Lipinski definition) is 5. The summed E-state index contributed by atoms with van der Waals surface area (Å²) in [4.78, 5) is 11.9. The topological polar surface area (TPSA) is 147 Å². The lowest BCUT2D eigenvalue weighted by atomic mass is 10.2. The van der Waals surface area contributed by atoms with Crippen molar-refractivity contribution in [2.24, 2.45) is 5.14 Å². The standard InChI is InChI=1S/C18H22N4O5S2/c1-14-5-7-15(8-6-14)9-10-28(24,25)21-13-18(23)20-12-16-3-2-4-17(11-16)22-29(19,26)27/h2-11,21-22H,12-13H2,1H3,(H,20,23)(H2,19,26,27). The highest BCUT2D eigenvalue weighted by Crippen LogP contribution is 2.11. The molecule has 0 atom stereocenters. The fraction of sp³-hybridized carbons (Fsp3) is 0.167. The molecule has 0 radical (unpaired) electrons. The molecule has 2 aromatic rings. The summed E-state index contributed by atoms with van der Waals surface area (Å²) in [7, 11) is -7.68. The van der Waals surface area contributed by atoms with Crippen molar-refractivity contribution in [2.45, 2.75) is 13.5 Å². The Morgan fingerprint density at radius 1 is 1.07 bits per heavy atom. The van der Waals surface area contributed by atoms with Gasteiger partial charge in [-0.05, 0) is 36.3 Å². The van der Waals surface area contributed by atoms with Crippen LogP contribution in [0.4, 0.5) is 5.69 Å². The largest absolute Gasteiger partial charge is 0.351 e. The second-order valence-corrected chi connectivity index (χ2v) is 9.15. The number of carbonyl (C=O) groups is 1. The van der Waals surface area contributed by atoms with E-state index in [9.17, 15) is 21.6 Å². The molecule has 2 aromatic carbocycles.